The molecule has 0 spiro atoms. The summed E-state index contributed by atoms with van der Waals surface area (Å²) in [7, 11) is 0. The van der Waals surface area contributed by atoms with Gasteiger partial charge in [-0.3, -0.25) is 19.3 Å². The maximum Gasteiger partial charge on any atom is 0.326 e. The molecule has 41 heavy (non-hydrogen) atoms. The third-order valence-electron chi connectivity index (χ3n) is 6.88. The summed E-state index contributed by atoms with van der Waals surface area (Å²) >= 11 is 0. The number of carboxylic acid groups (broad SMARTS) is 1. The van der Waals surface area contributed by atoms with Gasteiger partial charge in [-0.25, -0.2) is 4.79 Å². The number of carbonyl (C=O) groups is 4. The number of benzene rings is 2. The lowest BCUT2D eigenvalue weighted by Gasteiger charge is -2.37. The molecular weight excluding hydrogens is 524 g/mol. The fraction of sp³-hybridized carbons (Fsp3) is 0.484. The summed E-state index contributed by atoms with van der Waals surface area (Å²) in [5, 5.41) is 18.1. The van der Waals surface area contributed by atoms with Crippen LogP contribution in [0.1, 0.15) is 44.2 Å². The summed E-state index contributed by atoms with van der Waals surface area (Å²) in [4.78, 5) is 54.5. The van der Waals surface area contributed by atoms with Crippen LogP contribution in [-0.2, 0) is 36.8 Å². The second-order valence-electron chi connectivity index (χ2n) is 10.9. The second kappa shape index (κ2) is 15.9. The van der Waals surface area contributed by atoms with Crippen molar-refractivity contribution in [1.29, 1.82) is 0 Å². The molecule has 2 atom stereocenters. The highest BCUT2D eigenvalue weighted by molar-refractivity contribution is 5.97. The number of morpholine rings is 1. The van der Waals surface area contributed by atoms with Crippen LogP contribution in [0.2, 0.25) is 0 Å². The maximum atomic E-state index is 13.9. The molecule has 10 nitrogen and oxygen atoms in total. The third kappa shape index (κ3) is 10.6. The fourth-order valence-corrected chi connectivity index (χ4v) is 4.92. The second-order valence-corrected chi connectivity index (χ2v) is 10.9. The molecule has 0 radical (unpaired) electrons. The molecule has 0 aromatic heterocycles. The number of nitrogens with one attached hydrogen (secondary N) is 3. The lowest BCUT2D eigenvalue weighted by atomic mass is 9.94. The number of nitrogens with zero attached hydrogens (tertiary/aromatic N) is 1. The van der Waals surface area contributed by atoms with Crippen LogP contribution in [0.25, 0.3) is 0 Å². The van der Waals surface area contributed by atoms with Gasteiger partial charge in [0.25, 0.3) is 5.91 Å². The monoisotopic (exact) mass is 566 g/mol. The summed E-state index contributed by atoms with van der Waals surface area (Å²) in [6.45, 7) is 5.91. The van der Waals surface area contributed by atoms with Crippen LogP contribution < -0.4 is 16.0 Å². The van der Waals surface area contributed by atoms with E-state index in [2.05, 4.69) is 16.0 Å². The average Bonchev–Trinajstić information content (AvgIpc) is 2.93. The van der Waals surface area contributed by atoms with E-state index >= 15 is 0 Å². The van der Waals surface area contributed by atoms with Gasteiger partial charge in [0, 0.05) is 32.4 Å². The van der Waals surface area contributed by atoms with Gasteiger partial charge < -0.3 is 25.8 Å². The van der Waals surface area contributed by atoms with Crippen LogP contribution in [-0.4, -0.2) is 78.3 Å². The van der Waals surface area contributed by atoms with Crippen molar-refractivity contribution in [2.75, 3.05) is 32.8 Å². The Hall–Kier alpha value is -3.76. The SMILES string of the molecule is CC(C)C[C@](NC(=O)CCCc1ccccc1)(NC(=O)CN1CCOCC1)C(=O)NC(Cc1ccccc1)C(=O)O. The Morgan fingerprint density at radius 1 is 0.902 bits per heavy atom. The van der Waals surface area contributed by atoms with Crippen molar-refractivity contribution in [3.63, 3.8) is 0 Å². The van der Waals surface area contributed by atoms with Crippen molar-refractivity contribution >= 4 is 23.7 Å². The molecule has 1 fully saturated rings. The van der Waals surface area contributed by atoms with Crippen molar-refractivity contribution in [3.8, 4) is 0 Å². The molecule has 0 saturated carbocycles. The zero-order valence-corrected chi connectivity index (χ0v) is 23.9. The van der Waals surface area contributed by atoms with Crippen molar-refractivity contribution in [1.82, 2.24) is 20.9 Å². The van der Waals surface area contributed by atoms with Crippen molar-refractivity contribution in [2.45, 2.75) is 57.7 Å². The van der Waals surface area contributed by atoms with E-state index in [1.54, 1.807) is 24.3 Å². The van der Waals surface area contributed by atoms with Gasteiger partial charge >= 0.3 is 5.97 Å². The molecule has 1 aliphatic rings. The first-order valence-corrected chi connectivity index (χ1v) is 14.2. The highest BCUT2D eigenvalue weighted by Gasteiger charge is 2.43. The normalized spacial score (nSPS) is 15.9. The Morgan fingerprint density at radius 2 is 1.49 bits per heavy atom. The summed E-state index contributed by atoms with van der Waals surface area (Å²) in [5.74, 6) is -2.94. The Morgan fingerprint density at radius 3 is 2.07 bits per heavy atom. The molecule has 1 saturated heterocycles. The van der Waals surface area contributed by atoms with E-state index in [0.29, 0.717) is 39.1 Å². The largest absolute Gasteiger partial charge is 0.480 e. The first-order chi connectivity index (χ1) is 19.7. The number of aryl methyl sites for hydroxylation is 1. The number of aliphatic carboxylic acids is 1. The Labute approximate surface area is 241 Å². The highest BCUT2D eigenvalue weighted by Crippen LogP contribution is 2.18. The number of amides is 3. The quantitative estimate of drug-likeness (QED) is 0.243. The van der Waals surface area contributed by atoms with Crippen LogP contribution in [0, 0.1) is 5.92 Å². The molecule has 3 rings (SSSR count). The van der Waals surface area contributed by atoms with Gasteiger partial charge in [0.05, 0.1) is 19.8 Å². The first-order valence-electron chi connectivity index (χ1n) is 14.2. The van der Waals surface area contributed by atoms with Crippen molar-refractivity contribution in [2.24, 2.45) is 5.92 Å². The van der Waals surface area contributed by atoms with Crippen LogP contribution in [0.5, 0.6) is 0 Å². The summed E-state index contributed by atoms with van der Waals surface area (Å²) in [6.07, 6.45) is 1.48. The highest BCUT2D eigenvalue weighted by atomic mass is 16.5. The first kappa shape index (κ1) is 31.8. The van der Waals surface area contributed by atoms with Gasteiger partial charge in [-0.05, 0) is 29.9 Å². The van der Waals surface area contributed by atoms with E-state index in [4.69, 9.17) is 4.74 Å². The van der Waals surface area contributed by atoms with Gasteiger partial charge in [-0.1, -0.05) is 74.5 Å². The Kier molecular flexibility index (Phi) is 12.3. The van der Waals surface area contributed by atoms with Crippen molar-refractivity contribution < 1.29 is 29.0 Å². The Bertz CT molecular complexity index is 1140. The molecule has 2 aromatic carbocycles. The predicted octanol–water partition coefficient (Wildman–Crippen LogP) is 2.13. The topological polar surface area (TPSA) is 137 Å². The summed E-state index contributed by atoms with van der Waals surface area (Å²) in [6, 6.07) is 17.5. The smallest absolute Gasteiger partial charge is 0.326 e. The molecule has 3 amide bonds. The van der Waals surface area contributed by atoms with Crippen LogP contribution in [0.4, 0.5) is 0 Å². The molecular formula is C31H42N4O6. The van der Waals surface area contributed by atoms with E-state index in [0.717, 1.165) is 11.1 Å². The minimum atomic E-state index is -1.83. The van der Waals surface area contributed by atoms with Crippen LogP contribution in [0.15, 0.2) is 60.7 Å². The molecule has 4 N–H and O–H groups in total. The van der Waals surface area contributed by atoms with Gasteiger partial charge in [-0.15, -0.1) is 0 Å². The number of carbonyl (C=O) groups excluding carboxylic acids is 3. The van der Waals surface area contributed by atoms with Gasteiger partial charge in [0.1, 0.15) is 6.04 Å². The van der Waals surface area contributed by atoms with Crippen LogP contribution >= 0.6 is 0 Å². The fourth-order valence-electron chi connectivity index (χ4n) is 4.92. The summed E-state index contributed by atoms with van der Waals surface area (Å²) in [5.41, 5.74) is -0.00219. The number of carboxylic acids is 1. The van der Waals surface area contributed by atoms with E-state index in [9.17, 15) is 24.3 Å². The minimum absolute atomic E-state index is 0.0206. The molecule has 1 aliphatic heterocycles. The number of ether oxygens (including phenoxy) is 1. The Balaban J connectivity index is 1.81. The molecule has 1 unspecified atom stereocenters. The number of rotatable bonds is 15. The summed E-state index contributed by atoms with van der Waals surface area (Å²) < 4.78 is 5.36. The van der Waals surface area contributed by atoms with Gasteiger partial charge in [0.15, 0.2) is 5.66 Å². The molecule has 2 aromatic rings. The zero-order chi connectivity index (χ0) is 29.7. The molecule has 0 aliphatic carbocycles. The van der Waals surface area contributed by atoms with E-state index in [-0.39, 0.29) is 31.7 Å². The van der Waals surface area contributed by atoms with Crippen LogP contribution in [0.3, 0.4) is 0 Å². The number of hydrogen-bond acceptors (Lipinski definition) is 6. The third-order valence-corrected chi connectivity index (χ3v) is 6.88. The average molecular weight is 567 g/mol. The zero-order valence-electron chi connectivity index (χ0n) is 23.9. The minimum Gasteiger partial charge on any atom is -0.480 e. The van der Waals surface area contributed by atoms with E-state index < -0.39 is 35.4 Å². The standard InChI is InChI=1S/C31H42N4O6/c1-23(2)21-31(34-28(37)22-35-16-18-41-19-17-35,33-27(36)15-9-14-24-10-5-3-6-11-24)30(40)32-26(29(38)39)20-25-12-7-4-8-13-25/h3-8,10-13,23,26H,9,14-22H2,1-2H3,(H,32,40)(H,33,36)(H,34,37)(H,38,39)/t26?,31-/m0/s1. The lowest BCUT2D eigenvalue weighted by molar-refractivity contribution is -0.145. The van der Waals surface area contributed by atoms with Crippen molar-refractivity contribution in [3.05, 3.63) is 71.8 Å². The maximum absolute atomic E-state index is 13.9. The van der Waals surface area contributed by atoms with E-state index in [1.165, 1.54) is 0 Å². The number of hydrogen-bond donors (Lipinski definition) is 4. The van der Waals surface area contributed by atoms with Gasteiger partial charge in [-0.2, -0.15) is 0 Å². The molecule has 222 valence electrons. The lowest BCUT2D eigenvalue weighted by Crippen LogP contribution is -2.71. The molecule has 1 heterocycles. The molecule has 0 bridgehead atoms. The van der Waals surface area contributed by atoms with Gasteiger partial charge in [0.2, 0.25) is 11.8 Å². The van der Waals surface area contributed by atoms with E-state index in [1.807, 2.05) is 55.1 Å². The molecule has 10 heteroatoms. The predicted molar refractivity (Wildman–Crippen MR) is 155 cm³/mol.